The molecule has 0 aliphatic carbocycles. The van der Waals surface area contributed by atoms with Crippen LogP contribution in [-0.4, -0.2) is 25.7 Å². The third-order valence-electron chi connectivity index (χ3n) is 3.40. The molecular formula is C22H26N2O3. The van der Waals surface area contributed by atoms with Crippen molar-refractivity contribution in [1.29, 1.82) is 0 Å². The van der Waals surface area contributed by atoms with Crippen LogP contribution in [0.3, 0.4) is 0 Å². The van der Waals surface area contributed by atoms with Crippen LogP contribution < -0.4 is 20.1 Å². The number of rotatable bonds is 10. The van der Waals surface area contributed by atoms with Crippen molar-refractivity contribution in [3.05, 3.63) is 72.8 Å². The second-order valence-corrected chi connectivity index (χ2v) is 6.42. The number of anilines is 2. The largest absolute Gasteiger partial charge is 0.489 e. The summed E-state index contributed by atoms with van der Waals surface area (Å²) in [5.74, 6) is 1.20. The first kappa shape index (κ1) is 20.1. The van der Waals surface area contributed by atoms with E-state index in [1.807, 2.05) is 56.3 Å². The number of nitrogens with one attached hydrogen (secondary N) is 2. The molecule has 0 unspecified atom stereocenters. The Morgan fingerprint density at radius 1 is 0.963 bits per heavy atom. The van der Waals surface area contributed by atoms with Crippen LogP contribution in [0.15, 0.2) is 72.8 Å². The summed E-state index contributed by atoms with van der Waals surface area (Å²) in [6.45, 7) is 12.4. The highest BCUT2D eigenvalue weighted by atomic mass is 16.5. The van der Waals surface area contributed by atoms with Crippen molar-refractivity contribution < 1.29 is 14.3 Å². The molecule has 0 spiro atoms. The summed E-state index contributed by atoms with van der Waals surface area (Å²) in [4.78, 5) is 12.3. The van der Waals surface area contributed by atoms with Crippen LogP contribution in [0.2, 0.25) is 0 Å². The summed E-state index contributed by atoms with van der Waals surface area (Å²) in [5.41, 5.74) is 3.29. The first-order valence-corrected chi connectivity index (χ1v) is 8.71. The van der Waals surface area contributed by atoms with Gasteiger partial charge in [0.25, 0.3) is 0 Å². The fraction of sp³-hybridized carbons (Fsp3) is 0.227. The van der Waals surface area contributed by atoms with E-state index in [0.29, 0.717) is 30.4 Å². The predicted octanol–water partition coefficient (Wildman–Crippen LogP) is 4.65. The monoisotopic (exact) mass is 366 g/mol. The van der Waals surface area contributed by atoms with Gasteiger partial charge in [-0.3, -0.25) is 4.79 Å². The molecule has 0 aliphatic rings. The predicted molar refractivity (Wildman–Crippen MR) is 111 cm³/mol. The Morgan fingerprint density at radius 2 is 1.67 bits per heavy atom. The zero-order valence-corrected chi connectivity index (χ0v) is 15.9. The van der Waals surface area contributed by atoms with Crippen molar-refractivity contribution in [2.75, 3.05) is 30.4 Å². The Hall–Kier alpha value is -3.21. The number of ether oxygens (including phenoxy) is 2. The molecule has 0 heterocycles. The van der Waals surface area contributed by atoms with Crippen LogP contribution in [0, 0.1) is 0 Å². The normalized spacial score (nSPS) is 10.0. The first-order chi connectivity index (χ1) is 12.9. The van der Waals surface area contributed by atoms with Crippen molar-refractivity contribution in [2.24, 2.45) is 0 Å². The van der Waals surface area contributed by atoms with Crippen molar-refractivity contribution in [2.45, 2.75) is 13.8 Å². The number of benzene rings is 2. The van der Waals surface area contributed by atoms with E-state index < -0.39 is 0 Å². The first-order valence-electron chi connectivity index (χ1n) is 8.71. The standard InChI is InChI=1S/C22H26N2O3/c1-16(2)14-26-19-9-7-8-18(12-19)24-22(25)13-23-20-10-5-6-11-21(20)27-15-17(3)4/h5-12,23H,1,3,13-15H2,2,4H3,(H,24,25). The summed E-state index contributed by atoms with van der Waals surface area (Å²) >= 11 is 0. The smallest absolute Gasteiger partial charge is 0.243 e. The van der Waals surface area contributed by atoms with Crippen molar-refractivity contribution in [3.8, 4) is 11.5 Å². The van der Waals surface area contributed by atoms with Crippen LogP contribution in [0.1, 0.15) is 13.8 Å². The fourth-order valence-electron chi connectivity index (χ4n) is 2.19. The van der Waals surface area contributed by atoms with Crippen LogP contribution >= 0.6 is 0 Å². The highest BCUT2D eigenvalue weighted by Gasteiger charge is 2.07. The number of carbonyl (C=O) groups excluding carboxylic acids is 1. The lowest BCUT2D eigenvalue weighted by Crippen LogP contribution is -2.22. The van der Waals surface area contributed by atoms with Gasteiger partial charge in [-0.25, -0.2) is 0 Å². The quantitative estimate of drug-likeness (QED) is 0.601. The molecule has 5 nitrogen and oxygen atoms in total. The highest BCUT2D eigenvalue weighted by Crippen LogP contribution is 2.24. The second-order valence-electron chi connectivity index (χ2n) is 6.42. The highest BCUT2D eigenvalue weighted by molar-refractivity contribution is 5.94. The maximum absolute atomic E-state index is 12.3. The summed E-state index contributed by atoms with van der Waals surface area (Å²) < 4.78 is 11.3. The lowest BCUT2D eigenvalue weighted by molar-refractivity contribution is -0.114. The number of amides is 1. The van der Waals surface area contributed by atoms with Gasteiger partial charge in [-0.1, -0.05) is 31.4 Å². The summed E-state index contributed by atoms with van der Waals surface area (Å²) in [5, 5.41) is 5.95. The molecule has 0 fully saturated rings. The molecule has 0 radical (unpaired) electrons. The molecule has 0 atom stereocenters. The molecule has 0 saturated carbocycles. The molecule has 142 valence electrons. The summed E-state index contributed by atoms with van der Waals surface area (Å²) in [6.07, 6.45) is 0. The Bertz CT molecular complexity index is 815. The third-order valence-corrected chi connectivity index (χ3v) is 3.40. The number of para-hydroxylation sites is 2. The molecule has 2 N–H and O–H groups in total. The van der Waals surface area contributed by atoms with Gasteiger partial charge in [0.05, 0.1) is 12.2 Å². The average molecular weight is 366 g/mol. The van der Waals surface area contributed by atoms with E-state index in [1.54, 1.807) is 6.07 Å². The number of carbonyl (C=O) groups is 1. The molecule has 1 amide bonds. The van der Waals surface area contributed by atoms with Gasteiger partial charge in [0.2, 0.25) is 5.91 Å². The zero-order chi connectivity index (χ0) is 19.6. The Kier molecular flexibility index (Phi) is 7.49. The van der Waals surface area contributed by atoms with Gasteiger partial charge in [0, 0.05) is 11.8 Å². The average Bonchev–Trinajstić information content (AvgIpc) is 2.64. The van der Waals surface area contributed by atoms with Gasteiger partial charge in [0.15, 0.2) is 0 Å². The zero-order valence-electron chi connectivity index (χ0n) is 15.9. The molecular weight excluding hydrogens is 340 g/mol. The van der Waals surface area contributed by atoms with Crippen LogP contribution in [0.25, 0.3) is 0 Å². The molecule has 2 aromatic carbocycles. The van der Waals surface area contributed by atoms with E-state index in [1.165, 1.54) is 0 Å². The maximum Gasteiger partial charge on any atom is 0.243 e. The molecule has 0 aliphatic heterocycles. The summed E-state index contributed by atoms with van der Waals surface area (Å²) in [7, 11) is 0. The van der Waals surface area contributed by atoms with Gasteiger partial charge in [-0.2, -0.15) is 0 Å². The van der Waals surface area contributed by atoms with E-state index in [2.05, 4.69) is 23.8 Å². The Morgan fingerprint density at radius 3 is 2.41 bits per heavy atom. The lowest BCUT2D eigenvalue weighted by atomic mass is 10.2. The third kappa shape index (κ3) is 7.28. The van der Waals surface area contributed by atoms with Gasteiger partial charge >= 0.3 is 0 Å². The minimum atomic E-state index is -0.165. The van der Waals surface area contributed by atoms with Gasteiger partial charge in [0.1, 0.15) is 24.7 Å². The molecule has 0 saturated heterocycles. The van der Waals surface area contributed by atoms with E-state index in [0.717, 1.165) is 16.8 Å². The van der Waals surface area contributed by atoms with Crippen molar-refractivity contribution >= 4 is 17.3 Å². The molecule has 0 aromatic heterocycles. The molecule has 2 rings (SSSR count). The van der Waals surface area contributed by atoms with Crippen LogP contribution in [-0.2, 0) is 4.79 Å². The molecule has 2 aromatic rings. The summed E-state index contributed by atoms with van der Waals surface area (Å²) in [6, 6.07) is 14.8. The van der Waals surface area contributed by atoms with Gasteiger partial charge in [-0.05, 0) is 49.3 Å². The number of hydrogen-bond donors (Lipinski definition) is 2. The fourth-order valence-corrected chi connectivity index (χ4v) is 2.19. The van der Waals surface area contributed by atoms with E-state index in [-0.39, 0.29) is 12.5 Å². The minimum absolute atomic E-state index is 0.115. The Balaban J connectivity index is 1.90. The van der Waals surface area contributed by atoms with E-state index in [9.17, 15) is 4.79 Å². The molecule has 0 bridgehead atoms. The van der Waals surface area contributed by atoms with E-state index in [4.69, 9.17) is 9.47 Å². The number of hydrogen-bond acceptors (Lipinski definition) is 4. The van der Waals surface area contributed by atoms with Crippen molar-refractivity contribution in [1.82, 2.24) is 0 Å². The van der Waals surface area contributed by atoms with Gasteiger partial charge < -0.3 is 20.1 Å². The minimum Gasteiger partial charge on any atom is -0.489 e. The molecule has 5 heteroatoms. The van der Waals surface area contributed by atoms with Crippen LogP contribution in [0.5, 0.6) is 11.5 Å². The topological polar surface area (TPSA) is 59.6 Å². The van der Waals surface area contributed by atoms with Gasteiger partial charge in [-0.15, -0.1) is 0 Å². The SMILES string of the molecule is C=C(C)COc1cccc(NC(=O)CNc2ccccc2OCC(=C)C)c1. The van der Waals surface area contributed by atoms with E-state index >= 15 is 0 Å². The molecule has 27 heavy (non-hydrogen) atoms. The second kappa shape index (κ2) is 10.1. The lowest BCUT2D eigenvalue weighted by Gasteiger charge is -2.13. The Labute approximate surface area is 160 Å². The van der Waals surface area contributed by atoms with Crippen molar-refractivity contribution in [3.63, 3.8) is 0 Å². The van der Waals surface area contributed by atoms with Crippen LogP contribution in [0.4, 0.5) is 11.4 Å². The maximum atomic E-state index is 12.3.